The maximum atomic E-state index is 12.6. The van der Waals surface area contributed by atoms with Crippen LogP contribution in [-0.2, 0) is 19.9 Å². The molecule has 0 saturated heterocycles. The number of nitrogens with zero attached hydrogens (tertiary/aromatic N) is 2. The lowest BCUT2D eigenvalue weighted by atomic mass is 10.2. The fraction of sp³-hybridized carbons (Fsp3) is 0.200. The van der Waals surface area contributed by atoms with Gasteiger partial charge in [-0.25, -0.2) is 21.8 Å². The van der Waals surface area contributed by atoms with Crippen LogP contribution in [0.4, 0.5) is 5.13 Å². The minimum Gasteiger partial charge on any atom is -0.253 e. The molecule has 0 amide bonds. The lowest BCUT2D eigenvalue weighted by Crippen LogP contribution is -2.11. The van der Waals surface area contributed by atoms with Crippen LogP contribution in [0.15, 0.2) is 55.8 Å². The molecule has 0 fully saturated rings. The summed E-state index contributed by atoms with van der Waals surface area (Å²) in [5.74, 6) is 0.625. The molecule has 2 heterocycles. The van der Waals surface area contributed by atoms with E-state index < -0.39 is 19.9 Å². The van der Waals surface area contributed by atoms with Crippen LogP contribution in [0, 0.1) is 0 Å². The number of nitrogens with one attached hydrogen (secondary N) is 1. The highest BCUT2D eigenvalue weighted by atomic mass is 32.2. The van der Waals surface area contributed by atoms with Gasteiger partial charge in [-0.15, -0.1) is 11.3 Å². The molecule has 2 aromatic heterocycles. The highest BCUT2D eigenvalue weighted by Crippen LogP contribution is 2.30. The molecule has 0 aliphatic heterocycles. The van der Waals surface area contributed by atoms with E-state index >= 15 is 0 Å². The first-order chi connectivity index (χ1) is 12.2. The molecule has 0 radical (unpaired) electrons. The van der Waals surface area contributed by atoms with Crippen molar-refractivity contribution in [2.45, 2.75) is 33.8 Å². The Morgan fingerprint density at radius 2 is 1.73 bits per heavy atom. The number of sulfonamides is 1. The fourth-order valence-electron chi connectivity index (χ4n) is 1.99. The van der Waals surface area contributed by atoms with Crippen LogP contribution in [0.3, 0.4) is 0 Å². The van der Waals surface area contributed by atoms with E-state index in [2.05, 4.69) is 14.1 Å². The lowest BCUT2D eigenvalue weighted by molar-refractivity contribution is 0.596. The largest absolute Gasteiger partial charge is 0.273 e. The predicted octanol–water partition coefficient (Wildman–Crippen LogP) is 3.36. The Bertz CT molecular complexity index is 1120. The van der Waals surface area contributed by atoms with Gasteiger partial charge in [0.2, 0.25) is 15.0 Å². The van der Waals surface area contributed by atoms with Gasteiger partial charge in [0.05, 0.1) is 9.79 Å². The van der Waals surface area contributed by atoms with Crippen molar-refractivity contribution in [2.24, 2.45) is 0 Å². The summed E-state index contributed by atoms with van der Waals surface area (Å²) >= 11 is 1.78. The first-order valence-electron chi connectivity index (χ1n) is 7.45. The average molecular weight is 430 g/mol. The molecule has 0 aliphatic rings. The Hall–Kier alpha value is -1.82. The number of anilines is 1. The zero-order valence-corrected chi connectivity index (χ0v) is 17.0. The van der Waals surface area contributed by atoms with Crippen LogP contribution in [0.5, 0.6) is 0 Å². The summed E-state index contributed by atoms with van der Waals surface area (Å²) in [7, 11) is -7.70. The Kier molecular flexibility index (Phi) is 5.15. The van der Waals surface area contributed by atoms with Crippen LogP contribution < -0.4 is 4.72 Å². The average Bonchev–Trinajstić information content (AvgIpc) is 3.25. The summed E-state index contributed by atoms with van der Waals surface area (Å²) in [6.45, 7) is 3.81. The van der Waals surface area contributed by atoms with Gasteiger partial charge in [-0.05, 0) is 18.2 Å². The molecule has 11 heteroatoms. The van der Waals surface area contributed by atoms with Gasteiger partial charge in [0.1, 0.15) is 10.0 Å². The van der Waals surface area contributed by atoms with E-state index in [0.717, 1.165) is 28.9 Å². The van der Waals surface area contributed by atoms with Crippen molar-refractivity contribution >= 4 is 47.9 Å². The molecular formula is C15H15N3O4S4. The van der Waals surface area contributed by atoms with Crippen molar-refractivity contribution in [1.82, 2.24) is 9.36 Å². The first-order valence-corrected chi connectivity index (χ1v) is 12.1. The van der Waals surface area contributed by atoms with Gasteiger partial charge in [-0.3, -0.25) is 4.72 Å². The quantitative estimate of drug-likeness (QED) is 0.644. The second-order valence-electron chi connectivity index (χ2n) is 5.64. The molecule has 3 rings (SSSR count). The number of hydrogen-bond donors (Lipinski definition) is 1. The van der Waals surface area contributed by atoms with Crippen molar-refractivity contribution in [3.63, 3.8) is 0 Å². The number of sulfone groups is 1. The van der Waals surface area contributed by atoms with Crippen molar-refractivity contribution in [3.05, 3.63) is 47.6 Å². The monoisotopic (exact) mass is 429 g/mol. The zero-order chi connectivity index (χ0) is 18.9. The van der Waals surface area contributed by atoms with E-state index in [4.69, 9.17) is 0 Å². The molecule has 0 saturated carbocycles. The van der Waals surface area contributed by atoms with E-state index in [9.17, 15) is 16.8 Å². The molecule has 7 nitrogen and oxygen atoms in total. The van der Waals surface area contributed by atoms with Crippen molar-refractivity contribution in [2.75, 3.05) is 4.72 Å². The topological polar surface area (TPSA) is 106 Å². The number of benzene rings is 1. The molecule has 0 aliphatic carbocycles. The number of thiophene rings is 1. The van der Waals surface area contributed by atoms with Crippen molar-refractivity contribution < 1.29 is 16.8 Å². The van der Waals surface area contributed by atoms with Gasteiger partial charge < -0.3 is 0 Å². The summed E-state index contributed by atoms with van der Waals surface area (Å²) in [6.07, 6.45) is 0. The maximum absolute atomic E-state index is 12.6. The molecule has 1 N–H and O–H groups in total. The van der Waals surface area contributed by atoms with E-state index in [0.29, 0.717) is 5.82 Å². The second kappa shape index (κ2) is 7.06. The number of aromatic nitrogens is 2. The number of rotatable bonds is 6. The Labute approximate surface area is 159 Å². The third kappa shape index (κ3) is 3.80. The van der Waals surface area contributed by atoms with E-state index in [1.807, 2.05) is 13.8 Å². The first kappa shape index (κ1) is 19.0. The molecule has 26 heavy (non-hydrogen) atoms. The summed E-state index contributed by atoms with van der Waals surface area (Å²) < 4.78 is 56.5. The van der Waals surface area contributed by atoms with Crippen LogP contribution in [0.1, 0.15) is 25.6 Å². The van der Waals surface area contributed by atoms with Crippen LogP contribution in [0.25, 0.3) is 0 Å². The molecule has 0 atom stereocenters. The van der Waals surface area contributed by atoms with Gasteiger partial charge >= 0.3 is 0 Å². The molecule has 138 valence electrons. The molecule has 1 aromatic carbocycles. The molecule has 3 aromatic rings. The third-order valence-corrected chi connectivity index (χ3v) is 8.81. The normalized spacial score (nSPS) is 12.4. The van der Waals surface area contributed by atoms with Crippen LogP contribution in [0.2, 0.25) is 0 Å². The summed E-state index contributed by atoms with van der Waals surface area (Å²) in [5.41, 5.74) is 0. The van der Waals surface area contributed by atoms with E-state index in [1.54, 1.807) is 18.2 Å². The van der Waals surface area contributed by atoms with Gasteiger partial charge in [0.15, 0.2) is 0 Å². The van der Waals surface area contributed by atoms with E-state index in [1.165, 1.54) is 17.5 Å². The highest BCUT2D eigenvalue weighted by molar-refractivity contribution is 7.95. The van der Waals surface area contributed by atoms with E-state index in [-0.39, 0.29) is 25.0 Å². The fourth-order valence-corrected chi connectivity index (χ4v) is 6.83. The Morgan fingerprint density at radius 3 is 2.35 bits per heavy atom. The van der Waals surface area contributed by atoms with Crippen LogP contribution in [-0.4, -0.2) is 26.2 Å². The zero-order valence-electron chi connectivity index (χ0n) is 13.8. The van der Waals surface area contributed by atoms with Gasteiger partial charge in [0, 0.05) is 22.8 Å². The standard InChI is InChI=1S/C15H15N3O4S4/c1-10(2)14-16-15(24-17-14)18-26(21,22)13-8-12(9-23-13)25(19,20)11-6-4-3-5-7-11/h3-10H,1-2H3,(H,16,17,18). The summed E-state index contributed by atoms with van der Waals surface area (Å²) in [6, 6.07) is 9.02. The second-order valence-corrected chi connectivity index (χ2v) is 11.2. The molecule has 0 spiro atoms. The minimum atomic E-state index is -3.94. The van der Waals surface area contributed by atoms with Crippen LogP contribution >= 0.6 is 22.9 Å². The maximum Gasteiger partial charge on any atom is 0.273 e. The van der Waals surface area contributed by atoms with Gasteiger partial charge in [-0.2, -0.15) is 4.37 Å². The predicted molar refractivity (Wildman–Crippen MR) is 101 cm³/mol. The number of hydrogen-bond acceptors (Lipinski definition) is 8. The smallest absolute Gasteiger partial charge is 0.253 e. The van der Waals surface area contributed by atoms with Gasteiger partial charge in [-0.1, -0.05) is 32.0 Å². The molecule has 0 unspecified atom stereocenters. The Morgan fingerprint density at radius 1 is 1.04 bits per heavy atom. The molecular weight excluding hydrogens is 414 g/mol. The highest BCUT2D eigenvalue weighted by Gasteiger charge is 2.25. The van der Waals surface area contributed by atoms with Crippen molar-refractivity contribution in [1.29, 1.82) is 0 Å². The summed E-state index contributed by atoms with van der Waals surface area (Å²) in [5, 5.41) is 1.46. The lowest BCUT2D eigenvalue weighted by Gasteiger charge is -2.02. The Balaban J connectivity index is 1.88. The third-order valence-electron chi connectivity index (χ3n) is 3.36. The SMILES string of the molecule is CC(C)c1nsc(NS(=O)(=O)c2cc(S(=O)(=O)c3ccccc3)cs2)n1. The van der Waals surface area contributed by atoms with Gasteiger partial charge in [0.25, 0.3) is 10.0 Å². The minimum absolute atomic E-state index is 0.0609. The summed E-state index contributed by atoms with van der Waals surface area (Å²) in [4.78, 5) is 4.18. The molecule has 0 bridgehead atoms. The van der Waals surface area contributed by atoms with Crippen molar-refractivity contribution in [3.8, 4) is 0 Å².